The van der Waals surface area contributed by atoms with Crippen LogP contribution in [0.3, 0.4) is 0 Å². The third kappa shape index (κ3) is 2.81. The minimum absolute atomic E-state index is 0.0417. The molecular weight excluding hydrogens is 365 g/mol. The van der Waals surface area contributed by atoms with E-state index in [1.807, 2.05) is 6.92 Å². The van der Waals surface area contributed by atoms with Gasteiger partial charge in [-0.15, -0.1) is 0 Å². The number of hydrogen-bond donors (Lipinski definition) is 1. The fraction of sp³-hybridized carbons (Fsp3) is 0.235. The van der Waals surface area contributed by atoms with Gasteiger partial charge >= 0.3 is 5.69 Å². The summed E-state index contributed by atoms with van der Waals surface area (Å²) in [6.45, 7) is 2.30. The lowest BCUT2D eigenvalue weighted by Crippen LogP contribution is -2.40. The summed E-state index contributed by atoms with van der Waals surface area (Å²) in [7, 11) is 1.36. The zero-order valence-electron chi connectivity index (χ0n) is 13.6. The molecule has 0 saturated carbocycles. The lowest BCUT2D eigenvalue weighted by Gasteiger charge is -2.11. The number of nitrogens with one attached hydrogen (secondary N) is 1. The van der Waals surface area contributed by atoms with Crippen LogP contribution in [-0.2, 0) is 13.6 Å². The first-order valence-corrected chi connectivity index (χ1v) is 8.43. The molecule has 0 saturated heterocycles. The molecule has 130 valence electrons. The molecule has 0 radical (unpaired) electrons. The molecule has 2 heterocycles. The zero-order chi connectivity index (χ0) is 18.3. The summed E-state index contributed by atoms with van der Waals surface area (Å²) in [5.41, 5.74) is -0.413. The van der Waals surface area contributed by atoms with E-state index >= 15 is 0 Å². The number of benzene rings is 1. The number of halogens is 2. The monoisotopic (exact) mass is 379 g/mol. The van der Waals surface area contributed by atoms with Crippen molar-refractivity contribution >= 4 is 40.9 Å². The van der Waals surface area contributed by atoms with Crippen LogP contribution in [0.1, 0.15) is 29.3 Å². The van der Waals surface area contributed by atoms with E-state index in [-0.39, 0.29) is 17.1 Å². The van der Waals surface area contributed by atoms with E-state index in [0.717, 1.165) is 4.57 Å². The van der Waals surface area contributed by atoms with Crippen molar-refractivity contribution in [3.8, 4) is 0 Å². The van der Waals surface area contributed by atoms with E-state index in [4.69, 9.17) is 23.2 Å². The van der Waals surface area contributed by atoms with E-state index in [2.05, 4.69) is 5.32 Å². The minimum atomic E-state index is -0.620. The van der Waals surface area contributed by atoms with Crippen molar-refractivity contribution < 1.29 is 4.79 Å². The highest BCUT2D eigenvalue weighted by atomic mass is 35.5. The number of hydrogen-bond acceptors (Lipinski definition) is 4. The number of fused-ring (bicyclic) bond motifs is 1. The van der Waals surface area contributed by atoms with Gasteiger partial charge in [-0.1, -0.05) is 42.3 Å². The van der Waals surface area contributed by atoms with E-state index in [1.165, 1.54) is 17.7 Å². The van der Waals surface area contributed by atoms with Crippen molar-refractivity contribution in [2.24, 2.45) is 7.05 Å². The third-order valence-electron chi connectivity index (χ3n) is 4.00. The van der Waals surface area contributed by atoms with Gasteiger partial charge in [-0.25, -0.2) is 4.79 Å². The topological polar surface area (TPSA) is 73.1 Å². The number of nitrogens with zero attached hydrogens (tertiary/aromatic N) is 2. The van der Waals surface area contributed by atoms with Crippen molar-refractivity contribution in [3.63, 3.8) is 0 Å². The molecule has 2 aromatic rings. The van der Waals surface area contributed by atoms with Crippen LogP contribution in [0.4, 0.5) is 5.82 Å². The van der Waals surface area contributed by atoms with Crippen molar-refractivity contribution in [3.05, 3.63) is 65.9 Å². The maximum Gasteiger partial charge on any atom is 0.332 e. The molecule has 0 fully saturated rings. The molecular formula is C17H15Cl2N3O3. The quantitative estimate of drug-likeness (QED) is 0.832. The highest BCUT2D eigenvalue weighted by molar-refractivity contribution is 6.43. The molecule has 25 heavy (non-hydrogen) atoms. The van der Waals surface area contributed by atoms with Crippen molar-refractivity contribution in [2.45, 2.75) is 19.9 Å². The Morgan fingerprint density at radius 3 is 2.60 bits per heavy atom. The number of ketones is 1. The molecule has 0 spiro atoms. The molecule has 6 nitrogen and oxygen atoms in total. The molecule has 0 unspecified atom stereocenters. The predicted molar refractivity (Wildman–Crippen MR) is 98.6 cm³/mol. The van der Waals surface area contributed by atoms with E-state index in [0.29, 0.717) is 28.6 Å². The van der Waals surface area contributed by atoms with Crippen LogP contribution in [0.5, 0.6) is 0 Å². The van der Waals surface area contributed by atoms with Crippen LogP contribution >= 0.6 is 23.2 Å². The largest absolute Gasteiger partial charge is 0.338 e. The highest BCUT2D eigenvalue weighted by Crippen LogP contribution is 2.30. The Labute approximate surface area is 153 Å². The molecule has 0 bridgehead atoms. The maximum absolute atomic E-state index is 12.7. The van der Waals surface area contributed by atoms with Gasteiger partial charge in [-0.05, 0) is 24.1 Å². The molecule has 1 N–H and O–H groups in total. The first kappa shape index (κ1) is 17.5. The standard InChI is InChI=1S/C17H15Cl2N3O3/c1-3-7-22-15-12(16(24)21(2)17(22)25)14(23)11(20-15)8-9-5-4-6-10(18)13(9)19/h4-6,8,20H,3,7H2,1-2H3/b11-8-. The average Bonchev–Trinajstić information content (AvgIpc) is 2.90. The summed E-state index contributed by atoms with van der Waals surface area (Å²) in [6, 6.07) is 5.05. The Morgan fingerprint density at radius 2 is 1.92 bits per heavy atom. The van der Waals surface area contributed by atoms with Gasteiger partial charge in [0.1, 0.15) is 11.4 Å². The molecule has 8 heteroatoms. The highest BCUT2D eigenvalue weighted by Gasteiger charge is 2.32. The maximum atomic E-state index is 12.7. The van der Waals surface area contributed by atoms with Gasteiger partial charge in [-0.2, -0.15) is 0 Å². The van der Waals surface area contributed by atoms with E-state index < -0.39 is 17.0 Å². The van der Waals surface area contributed by atoms with Crippen LogP contribution in [0.25, 0.3) is 6.08 Å². The predicted octanol–water partition coefficient (Wildman–Crippen LogP) is 2.91. The fourth-order valence-electron chi connectivity index (χ4n) is 2.74. The van der Waals surface area contributed by atoms with Crippen LogP contribution in [0, 0.1) is 0 Å². The number of aromatic nitrogens is 2. The van der Waals surface area contributed by atoms with E-state index in [9.17, 15) is 14.4 Å². The SMILES string of the molecule is CCCn1c2c(c(=O)n(C)c1=O)C(=O)/C(=C/c1cccc(Cl)c1Cl)N2. The number of anilines is 1. The molecule has 1 aromatic carbocycles. The summed E-state index contributed by atoms with van der Waals surface area (Å²) in [6.07, 6.45) is 2.20. The van der Waals surface area contributed by atoms with Gasteiger partial charge in [-0.3, -0.25) is 18.7 Å². The van der Waals surface area contributed by atoms with Gasteiger partial charge in [0.25, 0.3) is 5.56 Å². The van der Waals surface area contributed by atoms with Gasteiger partial charge in [0.05, 0.1) is 15.7 Å². The van der Waals surface area contributed by atoms with Crippen molar-refractivity contribution in [2.75, 3.05) is 5.32 Å². The Morgan fingerprint density at radius 1 is 1.20 bits per heavy atom. The second-order valence-corrected chi connectivity index (χ2v) is 6.46. The van der Waals surface area contributed by atoms with Gasteiger partial charge in [0.15, 0.2) is 0 Å². The number of carbonyl (C=O) groups excluding carboxylic acids is 1. The Balaban J connectivity index is 2.19. The summed E-state index contributed by atoms with van der Waals surface area (Å²) < 4.78 is 2.35. The fourth-order valence-corrected chi connectivity index (χ4v) is 3.10. The molecule has 1 aliphatic rings. The number of carbonyl (C=O) groups is 1. The molecule has 3 rings (SSSR count). The first-order valence-electron chi connectivity index (χ1n) is 7.68. The number of rotatable bonds is 3. The van der Waals surface area contributed by atoms with Crippen LogP contribution in [-0.4, -0.2) is 14.9 Å². The summed E-state index contributed by atoms with van der Waals surface area (Å²) in [4.78, 5) is 37.4. The van der Waals surface area contributed by atoms with Crippen molar-refractivity contribution in [1.82, 2.24) is 9.13 Å². The van der Waals surface area contributed by atoms with Crippen molar-refractivity contribution in [1.29, 1.82) is 0 Å². The Kier molecular flexibility index (Phi) is 4.58. The van der Waals surface area contributed by atoms with E-state index in [1.54, 1.807) is 18.2 Å². The first-order chi connectivity index (χ1) is 11.9. The lowest BCUT2D eigenvalue weighted by atomic mass is 10.1. The number of allylic oxidation sites excluding steroid dienone is 1. The second-order valence-electron chi connectivity index (χ2n) is 5.68. The van der Waals surface area contributed by atoms with Gasteiger partial charge < -0.3 is 5.32 Å². The van der Waals surface area contributed by atoms with Crippen LogP contribution < -0.4 is 16.6 Å². The Hall–Kier alpha value is -2.31. The average molecular weight is 380 g/mol. The molecule has 0 aliphatic carbocycles. The molecule has 0 amide bonds. The molecule has 1 aromatic heterocycles. The molecule has 1 aliphatic heterocycles. The minimum Gasteiger partial charge on any atom is -0.338 e. The van der Waals surface area contributed by atoms with Crippen LogP contribution in [0.15, 0.2) is 33.5 Å². The summed E-state index contributed by atoms with van der Waals surface area (Å²) >= 11 is 12.1. The normalized spacial score (nSPS) is 14.7. The van der Waals surface area contributed by atoms with Gasteiger partial charge in [0, 0.05) is 13.6 Å². The van der Waals surface area contributed by atoms with Crippen LogP contribution in [0.2, 0.25) is 10.0 Å². The lowest BCUT2D eigenvalue weighted by molar-refractivity contribution is 0.104. The van der Waals surface area contributed by atoms with Gasteiger partial charge in [0.2, 0.25) is 5.78 Å². The Bertz CT molecular complexity index is 1030. The summed E-state index contributed by atoms with van der Waals surface area (Å²) in [5, 5.41) is 3.57. The third-order valence-corrected chi connectivity index (χ3v) is 4.83. The smallest absolute Gasteiger partial charge is 0.332 e. The molecule has 0 atom stereocenters. The summed E-state index contributed by atoms with van der Waals surface area (Å²) in [5.74, 6) is -0.249. The second kappa shape index (κ2) is 6.54. The zero-order valence-corrected chi connectivity index (χ0v) is 15.1. The number of Topliss-reactive ketones (excluding diaryl/α,β-unsaturated/α-hetero) is 1.